The molecule has 0 spiro atoms. The van der Waals surface area contributed by atoms with Crippen LogP contribution in [0.5, 0.6) is 11.5 Å². The number of rotatable bonds is 5. The fraction of sp³-hybridized carbons (Fsp3) is 0.0526. The third-order valence-electron chi connectivity index (χ3n) is 3.52. The minimum absolute atomic E-state index is 0.0675. The van der Waals surface area contributed by atoms with Crippen LogP contribution in [-0.4, -0.2) is 8.42 Å². The molecule has 1 radical (unpaired) electrons. The van der Waals surface area contributed by atoms with E-state index in [1.54, 1.807) is 12.1 Å². The first-order valence-corrected chi connectivity index (χ1v) is 8.83. The van der Waals surface area contributed by atoms with Gasteiger partial charge in [0.2, 0.25) is 9.84 Å². The molecule has 24 heavy (non-hydrogen) atoms. The van der Waals surface area contributed by atoms with E-state index in [-0.39, 0.29) is 9.79 Å². The molecule has 0 aliphatic carbocycles. The van der Waals surface area contributed by atoms with E-state index in [2.05, 4.69) is 0 Å². The molecule has 0 aliphatic rings. The van der Waals surface area contributed by atoms with Crippen molar-refractivity contribution in [3.05, 3.63) is 84.4 Å². The van der Waals surface area contributed by atoms with Crippen LogP contribution in [0.2, 0.25) is 0 Å². The number of sulfone groups is 1. The zero-order valence-corrected chi connectivity index (χ0v) is 13.6. The predicted molar refractivity (Wildman–Crippen MR) is 89.2 cm³/mol. The molecule has 0 heterocycles. The first-order chi connectivity index (χ1) is 11.6. The molecule has 0 atom stereocenters. The third-order valence-corrected chi connectivity index (χ3v) is 5.33. The van der Waals surface area contributed by atoms with Gasteiger partial charge in [-0.25, -0.2) is 8.42 Å². The summed E-state index contributed by atoms with van der Waals surface area (Å²) in [4.78, 5) is -0.152. The van der Waals surface area contributed by atoms with E-state index >= 15 is 0 Å². The summed E-state index contributed by atoms with van der Waals surface area (Å²) in [5, 5.41) is 11.8. The SMILES string of the molecule is [O]c1ccccc1S(=O)(=O)c1ccc(OCc2ccccc2)cc1. The van der Waals surface area contributed by atoms with Gasteiger partial charge >= 0.3 is 0 Å². The summed E-state index contributed by atoms with van der Waals surface area (Å²) >= 11 is 0. The van der Waals surface area contributed by atoms with Crippen LogP contribution in [0.1, 0.15) is 5.56 Å². The normalized spacial score (nSPS) is 11.2. The molecule has 121 valence electrons. The lowest BCUT2D eigenvalue weighted by atomic mass is 10.2. The second kappa shape index (κ2) is 6.76. The Morgan fingerprint density at radius 3 is 2.04 bits per heavy atom. The van der Waals surface area contributed by atoms with Crippen LogP contribution in [0.3, 0.4) is 0 Å². The topological polar surface area (TPSA) is 63.3 Å². The Morgan fingerprint density at radius 1 is 0.750 bits per heavy atom. The molecule has 0 aromatic heterocycles. The minimum Gasteiger partial charge on any atom is -0.489 e. The number of benzene rings is 3. The highest BCUT2D eigenvalue weighted by Crippen LogP contribution is 2.29. The summed E-state index contributed by atoms with van der Waals surface area (Å²) in [6.45, 7) is 0.399. The van der Waals surface area contributed by atoms with E-state index in [0.29, 0.717) is 12.4 Å². The van der Waals surface area contributed by atoms with Crippen LogP contribution in [0.25, 0.3) is 0 Å². The highest BCUT2D eigenvalue weighted by Gasteiger charge is 2.21. The molecule has 3 rings (SSSR count). The fourth-order valence-corrected chi connectivity index (χ4v) is 3.59. The molecule has 5 heteroatoms. The Kier molecular flexibility index (Phi) is 4.53. The molecule has 3 aromatic carbocycles. The standard InChI is InChI=1S/C19H15O4S/c20-18-8-4-5-9-19(18)24(21,22)17-12-10-16(11-13-17)23-14-15-6-2-1-3-7-15/h1-13H,14H2. The molecular weight excluding hydrogens is 324 g/mol. The molecule has 0 saturated heterocycles. The molecule has 0 aliphatic heterocycles. The van der Waals surface area contributed by atoms with Crippen LogP contribution in [-0.2, 0) is 21.6 Å². The van der Waals surface area contributed by atoms with Gasteiger partial charge in [-0.1, -0.05) is 42.5 Å². The largest absolute Gasteiger partial charge is 0.489 e. The van der Waals surface area contributed by atoms with Gasteiger partial charge in [0.05, 0.1) is 4.90 Å². The summed E-state index contributed by atoms with van der Waals surface area (Å²) in [6.07, 6.45) is 0. The van der Waals surface area contributed by atoms with Crippen LogP contribution < -0.4 is 4.74 Å². The summed E-state index contributed by atoms with van der Waals surface area (Å²) in [7, 11) is -3.82. The molecule has 0 saturated carbocycles. The average Bonchev–Trinajstić information content (AvgIpc) is 2.61. The van der Waals surface area contributed by atoms with E-state index in [9.17, 15) is 13.5 Å². The molecule has 0 N–H and O–H groups in total. The van der Waals surface area contributed by atoms with Gasteiger partial charge in [-0.3, -0.25) is 5.11 Å². The van der Waals surface area contributed by atoms with E-state index in [4.69, 9.17) is 4.74 Å². The van der Waals surface area contributed by atoms with E-state index < -0.39 is 15.6 Å². The van der Waals surface area contributed by atoms with E-state index in [1.165, 1.54) is 36.4 Å². The maximum absolute atomic E-state index is 12.5. The molecule has 0 bridgehead atoms. The predicted octanol–water partition coefficient (Wildman–Crippen LogP) is 4.24. The van der Waals surface area contributed by atoms with Crippen molar-refractivity contribution in [1.29, 1.82) is 0 Å². The van der Waals surface area contributed by atoms with E-state index in [1.807, 2.05) is 30.3 Å². The second-order valence-corrected chi connectivity index (χ2v) is 7.11. The van der Waals surface area contributed by atoms with Crippen molar-refractivity contribution in [3.63, 3.8) is 0 Å². The van der Waals surface area contributed by atoms with E-state index in [0.717, 1.165) is 5.56 Å². The monoisotopic (exact) mass is 339 g/mol. The molecule has 0 unspecified atom stereocenters. The molecule has 0 amide bonds. The highest BCUT2D eigenvalue weighted by molar-refractivity contribution is 7.91. The minimum atomic E-state index is -3.82. The molecule has 3 aromatic rings. The van der Waals surface area contributed by atoms with Crippen LogP contribution in [0, 0.1) is 0 Å². The lowest BCUT2D eigenvalue weighted by Crippen LogP contribution is -2.02. The van der Waals surface area contributed by atoms with Gasteiger partial charge < -0.3 is 4.74 Å². The van der Waals surface area contributed by atoms with Gasteiger partial charge in [0.15, 0.2) is 5.75 Å². The molecular formula is C19H15O4S. The fourth-order valence-electron chi connectivity index (χ4n) is 2.26. The lowest BCUT2D eigenvalue weighted by Gasteiger charge is -2.08. The van der Waals surface area contributed by atoms with Gasteiger partial charge in [-0.15, -0.1) is 0 Å². The lowest BCUT2D eigenvalue weighted by molar-refractivity contribution is 0.306. The highest BCUT2D eigenvalue weighted by atomic mass is 32.2. The first kappa shape index (κ1) is 16.1. The van der Waals surface area contributed by atoms with Gasteiger partial charge in [0.1, 0.15) is 17.3 Å². The van der Waals surface area contributed by atoms with Crippen molar-refractivity contribution >= 4 is 9.84 Å². The van der Waals surface area contributed by atoms with Gasteiger partial charge in [-0.05, 0) is 42.0 Å². The average molecular weight is 339 g/mol. The van der Waals surface area contributed by atoms with Crippen molar-refractivity contribution in [3.8, 4) is 11.5 Å². The van der Waals surface area contributed by atoms with Crippen molar-refractivity contribution < 1.29 is 18.3 Å². The maximum Gasteiger partial charge on any atom is 0.210 e. The third kappa shape index (κ3) is 3.41. The molecule has 0 fully saturated rings. The Labute approximate surface area is 140 Å². The summed E-state index contributed by atoms with van der Waals surface area (Å²) in [5.74, 6) is 0.0510. The maximum atomic E-state index is 12.5. The summed E-state index contributed by atoms with van der Waals surface area (Å²) in [5.41, 5.74) is 1.02. The van der Waals surface area contributed by atoms with Crippen LogP contribution in [0.4, 0.5) is 0 Å². The Bertz CT molecular complexity index is 917. The first-order valence-electron chi connectivity index (χ1n) is 7.35. The van der Waals surface area contributed by atoms with Gasteiger partial charge in [0.25, 0.3) is 0 Å². The Morgan fingerprint density at radius 2 is 1.38 bits per heavy atom. The van der Waals surface area contributed by atoms with Crippen molar-refractivity contribution in [1.82, 2.24) is 0 Å². The van der Waals surface area contributed by atoms with Crippen molar-refractivity contribution in [2.75, 3.05) is 0 Å². The number of hydrogen-bond donors (Lipinski definition) is 0. The summed E-state index contributed by atoms with van der Waals surface area (Å²) in [6, 6.07) is 21.3. The zero-order valence-electron chi connectivity index (χ0n) is 12.8. The van der Waals surface area contributed by atoms with Crippen LogP contribution in [0.15, 0.2) is 88.7 Å². The van der Waals surface area contributed by atoms with Crippen molar-refractivity contribution in [2.45, 2.75) is 16.4 Å². The molecule has 4 nitrogen and oxygen atoms in total. The number of hydrogen-bond acceptors (Lipinski definition) is 3. The summed E-state index contributed by atoms with van der Waals surface area (Å²) < 4.78 is 30.6. The zero-order chi connectivity index (χ0) is 17.0. The van der Waals surface area contributed by atoms with Crippen molar-refractivity contribution in [2.24, 2.45) is 0 Å². The van der Waals surface area contributed by atoms with Gasteiger partial charge in [-0.2, -0.15) is 0 Å². The number of ether oxygens (including phenoxy) is 1. The quantitative estimate of drug-likeness (QED) is 0.698. The number of para-hydroxylation sites is 1. The Hall–Kier alpha value is -2.79. The van der Waals surface area contributed by atoms with Crippen LogP contribution >= 0.6 is 0 Å². The Balaban J connectivity index is 1.78. The van der Waals surface area contributed by atoms with Gasteiger partial charge in [0, 0.05) is 0 Å². The second-order valence-electron chi connectivity index (χ2n) is 5.20. The smallest absolute Gasteiger partial charge is 0.210 e.